The highest BCUT2D eigenvalue weighted by atomic mass is 35.5. The lowest BCUT2D eigenvalue weighted by atomic mass is 10.2. The van der Waals surface area contributed by atoms with Gasteiger partial charge >= 0.3 is 0 Å². The van der Waals surface area contributed by atoms with Gasteiger partial charge in [-0.2, -0.15) is 0 Å². The fourth-order valence-corrected chi connectivity index (χ4v) is 1.86. The molecule has 5 heteroatoms. The van der Waals surface area contributed by atoms with Gasteiger partial charge in [-0.25, -0.2) is 0 Å². The number of nitrogens with zero attached hydrogens (tertiary/aromatic N) is 1. The Labute approximate surface area is 121 Å². The zero-order valence-corrected chi connectivity index (χ0v) is 11.8. The molecule has 0 saturated carbocycles. The molecule has 1 unspecified atom stereocenters. The average Bonchev–Trinajstić information content (AvgIpc) is 2.43. The predicted molar refractivity (Wildman–Crippen MR) is 76.0 cm³/mol. The molecular weight excluding hydrogens is 285 g/mol. The van der Waals surface area contributed by atoms with Crippen molar-refractivity contribution < 1.29 is 9.84 Å². The Morgan fingerprint density at radius 1 is 1.26 bits per heavy atom. The molecule has 0 spiro atoms. The number of pyridine rings is 1. The van der Waals surface area contributed by atoms with Gasteiger partial charge in [-0.1, -0.05) is 30.1 Å². The SMILES string of the molecule is CCC(O)c1ccc(Oc2cc(Cl)ccc2Cl)cn1. The summed E-state index contributed by atoms with van der Waals surface area (Å²) in [5.41, 5.74) is 0.618. The van der Waals surface area contributed by atoms with Crippen molar-refractivity contribution >= 4 is 23.2 Å². The zero-order chi connectivity index (χ0) is 13.8. The van der Waals surface area contributed by atoms with E-state index in [0.29, 0.717) is 33.7 Å². The molecule has 0 bridgehead atoms. The topological polar surface area (TPSA) is 42.4 Å². The summed E-state index contributed by atoms with van der Waals surface area (Å²) in [5.74, 6) is 1.01. The summed E-state index contributed by atoms with van der Waals surface area (Å²) in [6.45, 7) is 1.89. The van der Waals surface area contributed by atoms with E-state index in [1.807, 2.05) is 6.92 Å². The second-order valence-electron chi connectivity index (χ2n) is 4.02. The Morgan fingerprint density at radius 2 is 2.05 bits per heavy atom. The first-order valence-electron chi connectivity index (χ1n) is 5.87. The molecule has 1 aromatic carbocycles. The van der Waals surface area contributed by atoms with E-state index in [1.54, 1.807) is 36.5 Å². The molecule has 1 aromatic heterocycles. The van der Waals surface area contributed by atoms with E-state index in [9.17, 15) is 5.11 Å². The fourth-order valence-electron chi connectivity index (χ4n) is 1.54. The molecule has 100 valence electrons. The van der Waals surface area contributed by atoms with Crippen molar-refractivity contribution in [2.45, 2.75) is 19.4 Å². The van der Waals surface area contributed by atoms with E-state index in [1.165, 1.54) is 0 Å². The maximum absolute atomic E-state index is 9.65. The largest absolute Gasteiger partial charge is 0.454 e. The predicted octanol–water partition coefficient (Wildman–Crippen LogP) is 4.62. The van der Waals surface area contributed by atoms with E-state index >= 15 is 0 Å². The van der Waals surface area contributed by atoms with Crippen LogP contribution in [0, 0.1) is 0 Å². The van der Waals surface area contributed by atoms with Crippen molar-refractivity contribution in [3.63, 3.8) is 0 Å². The Hall–Kier alpha value is -1.29. The van der Waals surface area contributed by atoms with Crippen LogP contribution in [0.5, 0.6) is 11.5 Å². The number of aliphatic hydroxyl groups excluding tert-OH is 1. The standard InChI is InChI=1S/C14H13Cl2NO2/c1-2-13(18)12-6-4-10(8-17-12)19-14-7-9(15)3-5-11(14)16/h3-8,13,18H,2H2,1H3. The van der Waals surface area contributed by atoms with Crippen LogP contribution in [-0.4, -0.2) is 10.1 Å². The molecule has 19 heavy (non-hydrogen) atoms. The second-order valence-corrected chi connectivity index (χ2v) is 4.86. The maximum Gasteiger partial charge on any atom is 0.147 e. The van der Waals surface area contributed by atoms with Gasteiger partial charge in [0, 0.05) is 11.1 Å². The zero-order valence-electron chi connectivity index (χ0n) is 10.3. The van der Waals surface area contributed by atoms with Crippen LogP contribution in [0.25, 0.3) is 0 Å². The van der Waals surface area contributed by atoms with Crippen molar-refractivity contribution in [1.29, 1.82) is 0 Å². The van der Waals surface area contributed by atoms with Crippen LogP contribution in [0.15, 0.2) is 36.5 Å². The molecule has 1 atom stereocenters. The minimum Gasteiger partial charge on any atom is -0.454 e. The third-order valence-corrected chi connectivity index (χ3v) is 3.16. The summed E-state index contributed by atoms with van der Waals surface area (Å²) < 4.78 is 5.60. The first kappa shape index (κ1) is 14.1. The number of benzene rings is 1. The lowest BCUT2D eigenvalue weighted by molar-refractivity contribution is 0.169. The Balaban J connectivity index is 2.17. The molecule has 1 N–H and O–H groups in total. The Kier molecular flexibility index (Phi) is 4.64. The van der Waals surface area contributed by atoms with Crippen molar-refractivity contribution in [3.8, 4) is 11.5 Å². The Morgan fingerprint density at radius 3 is 2.68 bits per heavy atom. The van der Waals surface area contributed by atoms with E-state index in [-0.39, 0.29) is 0 Å². The van der Waals surface area contributed by atoms with E-state index in [4.69, 9.17) is 27.9 Å². The number of hydrogen-bond donors (Lipinski definition) is 1. The molecule has 3 nitrogen and oxygen atoms in total. The maximum atomic E-state index is 9.65. The number of ether oxygens (including phenoxy) is 1. The molecule has 2 aromatic rings. The Bertz CT molecular complexity index is 558. The molecule has 0 aliphatic rings. The van der Waals surface area contributed by atoms with Gasteiger partial charge in [0.05, 0.1) is 23.0 Å². The van der Waals surface area contributed by atoms with Crippen LogP contribution in [-0.2, 0) is 0 Å². The van der Waals surface area contributed by atoms with Crippen LogP contribution < -0.4 is 4.74 Å². The van der Waals surface area contributed by atoms with E-state index in [0.717, 1.165) is 0 Å². The molecule has 0 fully saturated rings. The number of hydrogen-bond acceptors (Lipinski definition) is 3. The van der Waals surface area contributed by atoms with Crippen molar-refractivity contribution in [1.82, 2.24) is 4.98 Å². The highest BCUT2D eigenvalue weighted by Crippen LogP contribution is 2.31. The summed E-state index contributed by atoms with van der Waals surface area (Å²) in [6, 6.07) is 8.46. The molecule has 0 aliphatic carbocycles. The van der Waals surface area contributed by atoms with Gasteiger partial charge in [0.2, 0.25) is 0 Å². The van der Waals surface area contributed by atoms with E-state index in [2.05, 4.69) is 4.98 Å². The van der Waals surface area contributed by atoms with Crippen LogP contribution in [0.3, 0.4) is 0 Å². The summed E-state index contributed by atoms with van der Waals surface area (Å²) >= 11 is 11.9. The molecule has 1 heterocycles. The van der Waals surface area contributed by atoms with Crippen LogP contribution >= 0.6 is 23.2 Å². The third kappa shape index (κ3) is 3.60. The number of halogens is 2. The first-order chi connectivity index (χ1) is 9.10. The van der Waals surface area contributed by atoms with Crippen LogP contribution in [0.4, 0.5) is 0 Å². The molecule has 0 saturated heterocycles. The summed E-state index contributed by atoms with van der Waals surface area (Å²) in [6.07, 6.45) is 1.61. The highest BCUT2D eigenvalue weighted by Gasteiger charge is 2.08. The fraction of sp³-hybridized carbons (Fsp3) is 0.214. The first-order valence-corrected chi connectivity index (χ1v) is 6.62. The molecular formula is C14H13Cl2NO2. The normalized spacial score (nSPS) is 12.2. The quantitative estimate of drug-likeness (QED) is 0.895. The second kappa shape index (κ2) is 6.24. The average molecular weight is 298 g/mol. The third-order valence-electron chi connectivity index (χ3n) is 2.61. The van der Waals surface area contributed by atoms with E-state index < -0.39 is 6.10 Å². The van der Waals surface area contributed by atoms with Gasteiger partial charge in [-0.15, -0.1) is 0 Å². The smallest absolute Gasteiger partial charge is 0.147 e. The van der Waals surface area contributed by atoms with Gasteiger partial charge in [0.15, 0.2) is 0 Å². The molecule has 2 rings (SSSR count). The lowest BCUT2D eigenvalue weighted by Crippen LogP contribution is -1.98. The highest BCUT2D eigenvalue weighted by molar-refractivity contribution is 6.34. The molecule has 0 aliphatic heterocycles. The van der Waals surface area contributed by atoms with Crippen LogP contribution in [0.2, 0.25) is 10.0 Å². The molecule has 0 radical (unpaired) electrons. The number of aromatic nitrogens is 1. The van der Waals surface area contributed by atoms with Gasteiger partial charge in [0.1, 0.15) is 11.5 Å². The van der Waals surface area contributed by atoms with Crippen molar-refractivity contribution in [2.75, 3.05) is 0 Å². The monoisotopic (exact) mass is 297 g/mol. The van der Waals surface area contributed by atoms with Gasteiger partial charge in [-0.3, -0.25) is 4.98 Å². The minimum atomic E-state index is -0.552. The minimum absolute atomic E-state index is 0.472. The summed E-state index contributed by atoms with van der Waals surface area (Å²) in [5, 5.41) is 10.7. The van der Waals surface area contributed by atoms with Crippen molar-refractivity contribution in [3.05, 3.63) is 52.3 Å². The van der Waals surface area contributed by atoms with Crippen LogP contribution in [0.1, 0.15) is 25.1 Å². The van der Waals surface area contributed by atoms with Gasteiger partial charge < -0.3 is 9.84 Å². The number of aliphatic hydroxyl groups is 1. The molecule has 0 amide bonds. The van der Waals surface area contributed by atoms with Crippen molar-refractivity contribution in [2.24, 2.45) is 0 Å². The summed E-state index contributed by atoms with van der Waals surface area (Å²) in [4.78, 5) is 4.15. The van der Waals surface area contributed by atoms with Gasteiger partial charge in [0.25, 0.3) is 0 Å². The number of rotatable bonds is 4. The lowest BCUT2D eigenvalue weighted by Gasteiger charge is -2.10. The summed E-state index contributed by atoms with van der Waals surface area (Å²) in [7, 11) is 0. The van der Waals surface area contributed by atoms with Gasteiger partial charge in [-0.05, 0) is 30.7 Å².